The number of carbonyl (C=O) groups excluding carboxylic acids is 2. The lowest BCUT2D eigenvalue weighted by atomic mass is 10.0. The predicted molar refractivity (Wildman–Crippen MR) is 99.7 cm³/mol. The molecule has 7 heteroatoms. The van der Waals surface area contributed by atoms with Gasteiger partial charge in [-0.2, -0.15) is 0 Å². The Kier molecular flexibility index (Phi) is 6.82. The first-order chi connectivity index (χ1) is 11.9. The second kappa shape index (κ2) is 8.85. The standard InChI is InChI=1S/C18H19Cl2N3O2/c1-21-18(25)22-17(24)16(12-7-4-3-5-8-12)23(2)11-13-9-6-10-14(19)15(13)20/h3-10,16H,11H2,1-2H3,(H2,21,22,24,25). The Morgan fingerprint density at radius 3 is 2.40 bits per heavy atom. The van der Waals surface area contributed by atoms with Gasteiger partial charge in [-0.25, -0.2) is 4.79 Å². The van der Waals surface area contributed by atoms with E-state index in [9.17, 15) is 9.59 Å². The zero-order valence-corrected chi connectivity index (χ0v) is 15.4. The van der Waals surface area contributed by atoms with Crippen LogP contribution in [0.3, 0.4) is 0 Å². The van der Waals surface area contributed by atoms with Crippen LogP contribution in [0.2, 0.25) is 10.0 Å². The molecular formula is C18H19Cl2N3O2. The Labute approximate surface area is 156 Å². The minimum atomic E-state index is -0.659. The third kappa shape index (κ3) is 4.95. The lowest BCUT2D eigenvalue weighted by molar-refractivity contribution is -0.125. The predicted octanol–water partition coefficient (Wildman–Crippen LogP) is 3.62. The van der Waals surface area contributed by atoms with Crippen LogP contribution in [0.5, 0.6) is 0 Å². The van der Waals surface area contributed by atoms with Crippen molar-refractivity contribution in [3.8, 4) is 0 Å². The summed E-state index contributed by atoms with van der Waals surface area (Å²) in [7, 11) is 3.24. The number of urea groups is 1. The minimum Gasteiger partial charge on any atom is -0.341 e. The van der Waals surface area contributed by atoms with Crippen LogP contribution in [-0.2, 0) is 11.3 Å². The Morgan fingerprint density at radius 2 is 1.76 bits per heavy atom. The topological polar surface area (TPSA) is 61.4 Å². The van der Waals surface area contributed by atoms with Gasteiger partial charge in [-0.05, 0) is 24.2 Å². The fraction of sp³-hybridized carbons (Fsp3) is 0.222. The SMILES string of the molecule is CNC(=O)NC(=O)C(c1ccccc1)N(C)Cc1cccc(Cl)c1Cl. The van der Waals surface area contributed by atoms with E-state index in [0.717, 1.165) is 11.1 Å². The number of rotatable bonds is 5. The van der Waals surface area contributed by atoms with Gasteiger partial charge >= 0.3 is 6.03 Å². The van der Waals surface area contributed by atoms with Gasteiger partial charge in [0.2, 0.25) is 5.91 Å². The second-order valence-corrected chi connectivity index (χ2v) is 6.29. The maximum Gasteiger partial charge on any atom is 0.321 e. The monoisotopic (exact) mass is 379 g/mol. The third-order valence-electron chi connectivity index (χ3n) is 3.72. The summed E-state index contributed by atoms with van der Waals surface area (Å²) in [6, 6.07) is 13.4. The van der Waals surface area contributed by atoms with Crippen LogP contribution in [-0.4, -0.2) is 30.9 Å². The molecule has 0 bridgehead atoms. The summed E-state index contributed by atoms with van der Waals surface area (Å²) in [5.41, 5.74) is 1.56. The lowest BCUT2D eigenvalue weighted by Crippen LogP contribution is -2.44. The summed E-state index contributed by atoms with van der Waals surface area (Å²) >= 11 is 12.3. The van der Waals surface area contributed by atoms with Gasteiger partial charge in [0.05, 0.1) is 10.0 Å². The molecule has 2 N–H and O–H groups in total. The smallest absolute Gasteiger partial charge is 0.321 e. The average Bonchev–Trinajstić information content (AvgIpc) is 2.60. The Balaban J connectivity index is 2.29. The molecule has 0 saturated heterocycles. The molecule has 3 amide bonds. The van der Waals surface area contributed by atoms with E-state index >= 15 is 0 Å². The van der Waals surface area contributed by atoms with Gasteiger partial charge in [-0.3, -0.25) is 15.0 Å². The van der Waals surface area contributed by atoms with Gasteiger partial charge in [-0.15, -0.1) is 0 Å². The number of nitrogens with one attached hydrogen (secondary N) is 2. The van der Waals surface area contributed by atoms with Crippen molar-refractivity contribution < 1.29 is 9.59 Å². The fourth-order valence-electron chi connectivity index (χ4n) is 2.51. The van der Waals surface area contributed by atoms with Crippen LogP contribution in [0.25, 0.3) is 0 Å². The number of imide groups is 1. The Bertz CT molecular complexity index is 753. The van der Waals surface area contributed by atoms with E-state index in [2.05, 4.69) is 10.6 Å². The van der Waals surface area contributed by atoms with E-state index in [0.29, 0.717) is 16.6 Å². The van der Waals surface area contributed by atoms with Crippen molar-refractivity contribution >= 4 is 35.1 Å². The zero-order chi connectivity index (χ0) is 18.4. The van der Waals surface area contributed by atoms with Crippen molar-refractivity contribution in [3.63, 3.8) is 0 Å². The van der Waals surface area contributed by atoms with Gasteiger partial charge in [0, 0.05) is 13.6 Å². The molecule has 0 aliphatic carbocycles. The van der Waals surface area contributed by atoms with E-state index in [1.165, 1.54) is 7.05 Å². The van der Waals surface area contributed by atoms with E-state index in [-0.39, 0.29) is 0 Å². The average molecular weight is 380 g/mol. The van der Waals surface area contributed by atoms with E-state index in [1.54, 1.807) is 19.2 Å². The van der Waals surface area contributed by atoms with E-state index < -0.39 is 18.0 Å². The molecule has 0 aliphatic rings. The first-order valence-corrected chi connectivity index (χ1v) is 8.40. The molecule has 25 heavy (non-hydrogen) atoms. The number of hydrogen-bond acceptors (Lipinski definition) is 3. The molecule has 2 rings (SSSR count). The van der Waals surface area contributed by atoms with Gasteiger partial charge in [0.25, 0.3) is 0 Å². The first-order valence-electron chi connectivity index (χ1n) is 7.64. The summed E-state index contributed by atoms with van der Waals surface area (Å²) in [5.74, 6) is -0.425. The van der Waals surface area contributed by atoms with E-state index in [1.807, 2.05) is 41.3 Å². The lowest BCUT2D eigenvalue weighted by Gasteiger charge is -2.27. The minimum absolute atomic E-state index is 0.389. The summed E-state index contributed by atoms with van der Waals surface area (Å²) in [6.45, 7) is 0.389. The number of amides is 3. The zero-order valence-electron chi connectivity index (χ0n) is 13.9. The molecule has 132 valence electrons. The van der Waals surface area contributed by atoms with E-state index in [4.69, 9.17) is 23.2 Å². The number of halogens is 2. The summed E-state index contributed by atoms with van der Waals surface area (Å²) in [5, 5.41) is 5.62. The van der Waals surface area contributed by atoms with Gasteiger partial charge in [0.1, 0.15) is 6.04 Å². The van der Waals surface area contributed by atoms with Gasteiger partial charge in [0.15, 0.2) is 0 Å². The highest BCUT2D eigenvalue weighted by Gasteiger charge is 2.27. The van der Waals surface area contributed by atoms with Gasteiger partial charge < -0.3 is 5.32 Å². The largest absolute Gasteiger partial charge is 0.341 e. The first kappa shape index (κ1) is 19.2. The second-order valence-electron chi connectivity index (χ2n) is 5.51. The summed E-state index contributed by atoms with van der Waals surface area (Å²) in [4.78, 5) is 26.0. The number of likely N-dealkylation sites (N-methyl/N-ethyl adjacent to an activating group) is 1. The molecule has 5 nitrogen and oxygen atoms in total. The van der Waals surface area contributed by atoms with Crippen molar-refractivity contribution in [3.05, 3.63) is 69.7 Å². The molecule has 0 aromatic heterocycles. The maximum atomic E-state index is 12.6. The highest BCUT2D eigenvalue weighted by atomic mass is 35.5. The number of hydrogen-bond donors (Lipinski definition) is 2. The molecule has 2 aromatic carbocycles. The van der Waals surface area contributed by atoms with Crippen LogP contribution in [0.15, 0.2) is 48.5 Å². The normalized spacial score (nSPS) is 11.9. The molecule has 0 spiro atoms. The molecule has 1 atom stereocenters. The maximum absolute atomic E-state index is 12.6. The molecule has 2 aromatic rings. The van der Waals surface area contributed by atoms with Crippen molar-refractivity contribution in [1.82, 2.24) is 15.5 Å². The molecular weight excluding hydrogens is 361 g/mol. The van der Waals surface area contributed by atoms with Crippen molar-refractivity contribution in [2.24, 2.45) is 0 Å². The Morgan fingerprint density at radius 1 is 1.08 bits per heavy atom. The fourth-order valence-corrected chi connectivity index (χ4v) is 2.89. The van der Waals surface area contributed by atoms with Crippen LogP contribution in [0, 0.1) is 0 Å². The van der Waals surface area contributed by atoms with Crippen molar-refractivity contribution in [2.75, 3.05) is 14.1 Å². The van der Waals surface area contributed by atoms with Crippen LogP contribution in [0.1, 0.15) is 17.2 Å². The molecule has 0 heterocycles. The molecule has 0 saturated carbocycles. The van der Waals surface area contributed by atoms with Crippen LogP contribution < -0.4 is 10.6 Å². The molecule has 1 unspecified atom stereocenters. The summed E-state index contributed by atoms with van der Waals surface area (Å²) in [6.07, 6.45) is 0. The number of benzene rings is 2. The highest BCUT2D eigenvalue weighted by Crippen LogP contribution is 2.29. The summed E-state index contributed by atoms with van der Waals surface area (Å²) < 4.78 is 0. The Hall–Kier alpha value is -2.08. The molecule has 0 radical (unpaired) electrons. The number of nitrogens with zero attached hydrogens (tertiary/aromatic N) is 1. The van der Waals surface area contributed by atoms with Crippen molar-refractivity contribution in [1.29, 1.82) is 0 Å². The molecule has 0 fully saturated rings. The van der Waals surface area contributed by atoms with Crippen LogP contribution >= 0.6 is 23.2 Å². The van der Waals surface area contributed by atoms with Crippen LogP contribution in [0.4, 0.5) is 4.79 Å². The molecule has 0 aliphatic heterocycles. The number of carbonyl (C=O) groups is 2. The highest BCUT2D eigenvalue weighted by molar-refractivity contribution is 6.42. The quantitative estimate of drug-likeness (QED) is 0.833. The third-order valence-corrected chi connectivity index (χ3v) is 4.58. The van der Waals surface area contributed by atoms with Crippen molar-refractivity contribution in [2.45, 2.75) is 12.6 Å². The van der Waals surface area contributed by atoms with Gasteiger partial charge in [-0.1, -0.05) is 65.7 Å².